The fourth-order valence-corrected chi connectivity index (χ4v) is 3.82. The number of carbonyl (C=O) groups is 4. The molecule has 1 fully saturated rings. The third-order valence-electron chi connectivity index (χ3n) is 5.86. The number of halogens is 4. The number of nitrogens with zero attached hydrogens (tertiary/aromatic N) is 1. The van der Waals surface area contributed by atoms with Gasteiger partial charge in [-0.1, -0.05) is 12.1 Å². The fourth-order valence-electron chi connectivity index (χ4n) is 3.82. The van der Waals surface area contributed by atoms with Crippen LogP contribution in [-0.4, -0.2) is 42.3 Å². The molecule has 3 N–H and O–H groups in total. The largest absolute Gasteiger partial charge is 0.495 e. The van der Waals surface area contributed by atoms with Crippen molar-refractivity contribution >= 4 is 29.9 Å². The lowest BCUT2D eigenvalue weighted by Crippen LogP contribution is -2.51. The van der Waals surface area contributed by atoms with Crippen molar-refractivity contribution in [3.05, 3.63) is 58.4 Å². The second-order valence-corrected chi connectivity index (χ2v) is 8.30. The molecule has 0 saturated carbocycles. The number of nitrogens with one attached hydrogen (secondary N) is 3. The predicted octanol–water partition coefficient (Wildman–Crippen LogP) is 3.25. The summed E-state index contributed by atoms with van der Waals surface area (Å²) in [6.45, 7) is 1.02. The zero-order valence-corrected chi connectivity index (χ0v) is 19.9. The molecule has 13 heteroatoms. The van der Waals surface area contributed by atoms with Gasteiger partial charge in [0, 0.05) is 30.6 Å². The minimum atomic E-state index is -4.64. The lowest BCUT2D eigenvalue weighted by molar-refractivity contribution is -0.141. The Balaban J connectivity index is 1.72. The van der Waals surface area contributed by atoms with E-state index in [0.717, 1.165) is 17.0 Å². The van der Waals surface area contributed by atoms with E-state index in [-0.39, 0.29) is 48.5 Å². The van der Waals surface area contributed by atoms with Crippen LogP contribution in [0.2, 0.25) is 0 Å². The third kappa shape index (κ3) is 6.54. The number of urea groups is 1. The number of hydrogen-bond donors (Lipinski definition) is 3. The van der Waals surface area contributed by atoms with E-state index >= 15 is 4.39 Å². The highest BCUT2D eigenvalue weighted by Crippen LogP contribution is 2.35. The maximum Gasteiger partial charge on any atom is 0.416 e. The third-order valence-corrected chi connectivity index (χ3v) is 5.86. The minimum absolute atomic E-state index is 0.00523. The van der Waals surface area contributed by atoms with Gasteiger partial charge in [0.1, 0.15) is 17.6 Å². The second kappa shape index (κ2) is 11.3. The van der Waals surface area contributed by atoms with Crippen molar-refractivity contribution in [2.75, 3.05) is 12.4 Å². The van der Waals surface area contributed by atoms with Crippen LogP contribution in [0.4, 0.5) is 28.0 Å². The van der Waals surface area contributed by atoms with Crippen molar-refractivity contribution < 1.29 is 41.5 Å². The molecule has 1 heterocycles. The molecule has 0 aliphatic carbocycles. The van der Waals surface area contributed by atoms with Gasteiger partial charge in [-0.15, -0.1) is 0 Å². The first-order valence-corrected chi connectivity index (χ1v) is 11.1. The van der Waals surface area contributed by atoms with E-state index in [1.54, 1.807) is 13.0 Å². The molecule has 3 rings (SSSR count). The molecule has 1 atom stereocenters. The first-order chi connectivity index (χ1) is 17.4. The Morgan fingerprint density at radius 3 is 2.59 bits per heavy atom. The highest BCUT2D eigenvalue weighted by atomic mass is 19.4. The summed E-state index contributed by atoms with van der Waals surface area (Å²) in [5, 5.41) is 6.78. The number of amides is 5. The summed E-state index contributed by atoms with van der Waals surface area (Å²) >= 11 is 0. The lowest BCUT2D eigenvalue weighted by atomic mass is 10.0. The number of rotatable bonds is 8. The molecule has 37 heavy (non-hydrogen) atoms. The van der Waals surface area contributed by atoms with Crippen molar-refractivity contribution in [2.45, 2.75) is 45.1 Å². The van der Waals surface area contributed by atoms with Gasteiger partial charge < -0.3 is 20.3 Å². The molecule has 0 radical (unpaired) electrons. The van der Waals surface area contributed by atoms with Gasteiger partial charge in [-0.05, 0) is 37.1 Å². The number of anilines is 1. The number of benzene rings is 2. The lowest BCUT2D eigenvalue weighted by Gasteiger charge is -2.30. The maximum atomic E-state index is 15.3. The van der Waals surface area contributed by atoms with E-state index in [2.05, 4.69) is 16.0 Å². The van der Waals surface area contributed by atoms with Crippen LogP contribution in [0, 0.1) is 12.7 Å². The zero-order chi connectivity index (χ0) is 27.3. The number of imide groups is 1. The van der Waals surface area contributed by atoms with Crippen LogP contribution in [0.15, 0.2) is 30.3 Å². The fraction of sp³-hybridized carbons (Fsp3) is 0.333. The molecule has 9 nitrogen and oxygen atoms in total. The number of aryl methyl sites for hydroxylation is 1. The molecular weight excluding hydrogens is 500 g/mol. The Bertz CT molecular complexity index is 1220. The standard InChI is InChI=1S/C24H24F4N4O5/c1-13-3-4-14(21(25)16(13)11-32(12-33)18-6-8-20(34)31-22(18)35)10-29-23(36)30-17-9-15(24(26,27)28)5-7-19(17)37-2/h3-5,7,9,12,18H,6,8,10-11H2,1-2H3,(H2,29,30,36)(H,31,34,35). The van der Waals surface area contributed by atoms with Crippen LogP contribution < -0.4 is 20.7 Å². The quantitative estimate of drug-likeness (QED) is 0.279. The van der Waals surface area contributed by atoms with Gasteiger partial charge in [0.2, 0.25) is 18.2 Å². The van der Waals surface area contributed by atoms with Crippen LogP contribution in [0.5, 0.6) is 5.75 Å². The average molecular weight is 524 g/mol. The van der Waals surface area contributed by atoms with E-state index in [9.17, 15) is 32.3 Å². The molecule has 1 aliphatic rings. The summed E-state index contributed by atoms with van der Waals surface area (Å²) in [6.07, 6.45) is -4.09. The van der Waals surface area contributed by atoms with Crippen molar-refractivity contribution in [2.24, 2.45) is 0 Å². The normalized spacial score (nSPS) is 15.6. The molecule has 1 saturated heterocycles. The van der Waals surface area contributed by atoms with Crippen molar-refractivity contribution in [1.82, 2.24) is 15.5 Å². The number of carbonyl (C=O) groups excluding carboxylic acids is 4. The van der Waals surface area contributed by atoms with E-state index in [4.69, 9.17) is 4.74 Å². The molecule has 0 spiro atoms. The summed E-state index contributed by atoms with van der Waals surface area (Å²) in [6, 6.07) is 3.72. The van der Waals surface area contributed by atoms with Crippen LogP contribution in [0.25, 0.3) is 0 Å². The minimum Gasteiger partial charge on any atom is -0.495 e. The second-order valence-electron chi connectivity index (χ2n) is 8.30. The van der Waals surface area contributed by atoms with Gasteiger partial charge in [0.05, 0.1) is 18.4 Å². The summed E-state index contributed by atoms with van der Waals surface area (Å²) in [4.78, 5) is 48.6. The van der Waals surface area contributed by atoms with Crippen LogP contribution in [-0.2, 0) is 33.6 Å². The van der Waals surface area contributed by atoms with Crippen LogP contribution in [0.1, 0.15) is 35.1 Å². The summed E-state index contributed by atoms with van der Waals surface area (Å²) in [5.74, 6) is -1.84. The van der Waals surface area contributed by atoms with Gasteiger partial charge >= 0.3 is 12.2 Å². The molecule has 0 aromatic heterocycles. The summed E-state index contributed by atoms with van der Waals surface area (Å²) in [5.41, 5.74) is -0.588. The predicted molar refractivity (Wildman–Crippen MR) is 123 cm³/mol. The smallest absolute Gasteiger partial charge is 0.416 e. The first-order valence-electron chi connectivity index (χ1n) is 11.1. The number of ether oxygens (including phenoxy) is 1. The highest BCUT2D eigenvalue weighted by Gasteiger charge is 2.33. The molecule has 5 amide bonds. The molecule has 2 aromatic rings. The Morgan fingerprint density at radius 2 is 1.97 bits per heavy atom. The Hall–Kier alpha value is -4.16. The van der Waals surface area contributed by atoms with Crippen molar-refractivity contribution in [3.63, 3.8) is 0 Å². The van der Waals surface area contributed by atoms with Crippen molar-refractivity contribution in [3.8, 4) is 5.75 Å². The molecule has 1 aliphatic heterocycles. The van der Waals surface area contributed by atoms with Crippen molar-refractivity contribution in [1.29, 1.82) is 0 Å². The molecule has 1 unspecified atom stereocenters. The monoisotopic (exact) mass is 524 g/mol. The average Bonchev–Trinajstić information content (AvgIpc) is 2.83. The SMILES string of the molecule is COc1ccc(C(F)(F)F)cc1NC(=O)NCc1ccc(C)c(CN(C=O)C2CCC(=O)NC2=O)c1F. The Morgan fingerprint density at radius 1 is 1.24 bits per heavy atom. The zero-order valence-electron chi connectivity index (χ0n) is 19.9. The van der Waals surface area contributed by atoms with E-state index in [1.165, 1.54) is 13.2 Å². The van der Waals surface area contributed by atoms with Gasteiger partial charge in [-0.3, -0.25) is 19.7 Å². The molecule has 0 bridgehead atoms. The highest BCUT2D eigenvalue weighted by molar-refractivity contribution is 6.00. The molecule has 198 valence electrons. The molecular formula is C24H24F4N4O5. The number of methoxy groups -OCH3 is 1. The Kier molecular flexibility index (Phi) is 8.35. The van der Waals surface area contributed by atoms with Gasteiger partial charge in [0.25, 0.3) is 0 Å². The topological polar surface area (TPSA) is 117 Å². The number of piperidine rings is 1. The summed E-state index contributed by atoms with van der Waals surface area (Å²) in [7, 11) is 1.23. The van der Waals surface area contributed by atoms with Crippen LogP contribution >= 0.6 is 0 Å². The van der Waals surface area contributed by atoms with E-state index in [1.807, 2.05) is 0 Å². The number of hydrogen-bond acceptors (Lipinski definition) is 5. The molecule has 2 aromatic carbocycles. The maximum absolute atomic E-state index is 15.3. The first kappa shape index (κ1) is 27.4. The van der Waals surface area contributed by atoms with E-state index in [0.29, 0.717) is 18.0 Å². The van der Waals surface area contributed by atoms with E-state index < -0.39 is 41.4 Å². The van der Waals surface area contributed by atoms with Gasteiger partial charge in [0.15, 0.2) is 0 Å². The summed E-state index contributed by atoms with van der Waals surface area (Å²) < 4.78 is 59.4. The van der Waals surface area contributed by atoms with Gasteiger partial charge in [-0.25, -0.2) is 9.18 Å². The van der Waals surface area contributed by atoms with Crippen LogP contribution in [0.3, 0.4) is 0 Å². The number of alkyl halides is 3. The Labute approximate surface area is 209 Å². The van der Waals surface area contributed by atoms with Gasteiger partial charge in [-0.2, -0.15) is 13.2 Å².